The van der Waals surface area contributed by atoms with Gasteiger partial charge < -0.3 is 15.6 Å². The van der Waals surface area contributed by atoms with Gasteiger partial charge in [0.2, 0.25) is 0 Å². The van der Waals surface area contributed by atoms with Gasteiger partial charge in [-0.05, 0) is 51.8 Å². The molecule has 2 aliphatic rings. The molecule has 0 bridgehead atoms. The van der Waals surface area contributed by atoms with E-state index in [-0.39, 0.29) is 18.9 Å². The van der Waals surface area contributed by atoms with E-state index in [4.69, 9.17) is 10.8 Å². The summed E-state index contributed by atoms with van der Waals surface area (Å²) in [6, 6.07) is 4.19. The van der Waals surface area contributed by atoms with Crippen LogP contribution >= 0.6 is 0 Å². The number of aromatic nitrogens is 6. The third-order valence-electron chi connectivity index (χ3n) is 7.62. The number of nitrogens with one attached hydrogen (secondary N) is 1. The monoisotopic (exact) mass is 466 g/mol. The summed E-state index contributed by atoms with van der Waals surface area (Å²) in [6.07, 6.45) is 8.82. The van der Waals surface area contributed by atoms with Gasteiger partial charge in [-0.25, -0.2) is 28.2 Å². The van der Waals surface area contributed by atoms with Crippen molar-refractivity contribution in [3.05, 3.63) is 42.4 Å². The number of halogens is 2. The van der Waals surface area contributed by atoms with Crippen LogP contribution < -0.4 is 11.1 Å². The second kappa shape index (κ2) is 7.51. The molecule has 0 unspecified atom stereocenters. The lowest BCUT2D eigenvalue weighted by molar-refractivity contribution is -0.103. The molecule has 0 aromatic carbocycles. The molecule has 0 radical (unpaired) electrons. The number of nitrogens with two attached hydrogens (primary N) is 1. The van der Waals surface area contributed by atoms with Crippen LogP contribution in [-0.4, -0.2) is 48.1 Å². The highest BCUT2D eigenvalue weighted by Gasteiger charge is 2.47. The highest BCUT2D eigenvalue weighted by molar-refractivity contribution is 5.85. The Kier molecular flexibility index (Phi) is 4.76. The van der Waals surface area contributed by atoms with E-state index < -0.39 is 11.5 Å². The Hall–Kier alpha value is -2.98. The minimum atomic E-state index is -2.60. The Morgan fingerprint density at radius 3 is 2.59 bits per heavy atom. The minimum Gasteiger partial charge on any atom is -0.323 e. The van der Waals surface area contributed by atoms with E-state index in [0.29, 0.717) is 23.3 Å². The molecule has 4 aromatic rings. The summed E-state index contributed by atoms with van der Waals surface area (Å²) in [5.74, 6) is -1.24. The van der Waals surface area contributed by atoms with Gasteiger partial charge in [-0.3, -0.25) is 0 Å². The first-order chi connectivity index (χ1) is 16.3. The second-order valence-corrected chi connectivity index (χ2v) is 9.87. The van der Waals surface area contributed by atoms with Gasteiger partial charge in [-0.1, -0.05) is 0 Å². The summed E-state index contributed by atoms with van der Waals surface area (Å²) in [4.78, 5) is 13.7. The molecule has 178 valence electrons. The Balaban J connectivity index is 1.35. The topological polar surface area (TPSA) is 99.0 Å². The number of fused-ring (bicyclic) bond motifs is 2. The van der Waals surface area contributed by atoms with Crippen LogP contribution in [0.3, 0.4) is 0 Å². The fraction of sp³-hybridized carbons (Fsp3) is 0.500. The standard InChI is InChI=1S/C24H28F2N8/c1-14-31-21-19(34(14)17-10-24(25,26)11-17)9-15(12-29-21)18-5-8-33-20(18)13-30-22(32-33)23(27)6-3-16(28-2)4-7-23/h5,8-9,12-13,16-17,28H,3-4,6-7,10-11,27H2,1-2H3. The lowest BCUT2D eigenvalue weighted by atomic mass is 9.79. The van der Waals surface area contributed by atoms with Crippen LogP contribution in [0.25, 0.3) is 27.8 Å². The van der Waals surface area contributed by atoms with Gasteiger partial charge in [0.1, 0.15) is 5.82 Å². The number of rotatable bonds is 4. The maximum Gasteiger partial charge on any atom is 0.252 e. The summed E-state index contributed by atoms with van der Waals surface area (Å²) in [5, 5.41) is 8.09. The quantitative estimate of drug-likeness (QED) is 0.476. The predicted octanol–water partition coefficient (Wildman–Crippen LogP) is 3.74. The zero-order chi connectivity index (χ0) is 23.7. The Morgan fingerprint density at radius 2 is 1.88 bits per heavy atom. The van der Waals surface area contributed by atoms with Gasteiger partial charge in [0.15, 0.2) is 11.5 Å². The molecule has 2 fully saturated rings. The van der Waals surface area contributed by atoms with Gasteiger partial charge in [0.05, 0.1) is 22.8 Å². The van der Waals surface area contributed by atoms with E-state index >= 15 is 0 Å². The Labute approximate surface area is 195 Å². The second-order valence-electron chi connectivity index (χ2n) is 9.87. The molecule has 6 rings (SSSR count). The van der Waals surface area contributed by atoms with Crippen molar-refractivity contribution in [3.63, 3.8) is 0 Å². The summed E-state index contributed by atoms with van der Waals surface area (Å²) < 4.78 is 30.8. The van der Waals surface area contributed by atoms with Gasteiger partial charge >= 0.3 is 0 Å². The van der Waals surface area contributed by atoms with Gasteiger partial charge in [0, 0.05) is 48.4 Å². The van der Waals surface area contributed by atoms with Crippen LogP contribution in [0, 0.1) is 6.92 Å². The van der Waals surface area contributed by atoms with E-state index in [1.165, 1.54) is 0 Å². The van der Waals surface area contributed by atoms with E-state index in [9.17, 15) is 8.78 Å². The molecule has 10 heteroatoms. The number of imidazole rings is 1. The number of pyridine rings is 1. The molecule has 2 saturated carbocycles. The summed E-state index contributed by atoms with van der Waals surface area (Å²) in [5.41, 5.74) is 10.2. The van der Waals surface area contributed by atoms with Crippen molar-refractivity contribution in [1.82, 2.24) is 34.4 Å². The molecule has 0 atom stereocenters. The minimum absolute atomic E-state index is 0.162. The third-order valence-corrected chi connectivity index (χ3v) is 7.62. The normalized spacial score (nSPS) is 25.1. The largest absolute Gasteiger partial charge is 0.323 e. The number of nitrogens with zero attached hydrogens (tertiary/aromatic N) is 6. The van der Waals surface area contributed by atoms with E-state index in [1.807, 2.05) is 47.6 Å². The first-order valence-electron chi connectivity index (χ1n) is 11.8. The van der Waals surface area contributed by atoms with Gasteiger partial charge in [-0.15, -0.1) is 0 Å². The molecule has 0 spiro atoms. The van der Waals surface area contributed by atoms with Gasteiger partial charge in [0.25, 0.3) is 5.92 Å². The van der Waals surface area contributed by atoms with Gasteiger partial charge in [-0.2, -0.15) is 5.10 Å². The molecular weight excluding hydrogens is 438 g/mol. The lowest BCUT2D eigenvalue weighted by Crippen LogP contribution is -2.45. The zero-order valence-corrected chi connectivity index (χ0v) is 19.3. The maximum absolute atomic E-state index is 13.5. The average Bonchev–Trinajstić information content (AvgIpc) is 3.37. The lowest BCUT2D eigenvalue weighted by Gasteiger charge is -2.36. The third kappa shape index (κ3) is 3.39. The maximum atomic E-state index is 13.5. The molecule has 34 heavy (non-hydrogen) atoms. The highest BCUT2D eigenvalue weighted by Crippen LogP contribution is 2.47. The molecule has 3 N–H and O–H groups in total. The van der Waals surface area contributed by atoms with Crippen LogP contribution in [0.15, 0.2) is 30.7 Å². The highest BCUT2D eigenvalue weighted by atomic mass is 19.3. The van der Waals surface area contributed by atoms with Crippen LogP contribution in [0.5, 0.6) is 0 Å². The first-order valence-corrected chi connectivity index (χ1v) is 11.8. The van der Waals surface area contributed by atoms with E-state index in [2.05, 4.69) is 20.3 Å². The molecule has 4 heterocycles. The van der Waals surface area contributed by atoms with Crippen molar-refractivity contribution in [1.29, 1.82) is 0 Å². The summed E-state index contributed by atoms with van der Waals surface area (Å²) in [7, 11) is 1.99. The zero-order valence-electron chi connectivity index (χ0n) is 19.3. The number of hydrogen-bond donors (Lipinski definition) is 2. The smallest absolute Gasteiger partial charge is 0.252 e. The van der Waals surface area contributed by atoms with Crippen LogP contribution in [0.1, 0.15) is 56.2 Å². The van der Waals surface area contributed by atoms with Crippen molar-refractivity contribution in [2.45, 2.75) is 69.0 Å². The van der Waals surface area contributed by atoms with E-state index in [0.717, 1.165) is 47.8 Å². The molecule has 2 aliphatic carbocycles. The Morgan fingerprint density at radius 1 is 1.12 bits per heavy atom. The first kappa shape index (κ1) is 21.5. The number of hydrogen-bond acceptors (Lipinski definition) is 6. The van der Waals surface area contributed by atoms with Crippen molar-refractivity contribution in [2.75, 3.05) is 7.05 Å². The molecule has 4 aromatic heterocycles. The number of alkyl halides is 2. The van der Waals surface area contributed by atoms with Crippen molar-refractivity contribution < 1.29 is 8.78 Å². The van der Waals surface area contributed by atoms with Crippen molar-refractivity contribution in [2.24, 2.45) is 5.73 Å². The summed E-state index contributed by atoms with van der Waals surface area (Å²) >= 11 is 0. The van der Waals surface area contributed by atoms with Crippen LogP contribution in [0.2, 0.25) is 0 Å². The fourth-order valence-corrected chi connectivity index (χ4v) is 5.53. The van der Waals surface area contributed by atoms with Crippen molar-refractivity contribution in [3.8, 4) is 11.1 Å². The molecule has 0 aliphatic heterocycles. The molecule has 0 saturated heterocycles. The number of aryl methyl sites for hydroxylation is 1. The van der Waals surface area contributed by atoms with Crippen LogP contribution in [-0.2, 0) is 5.54 Å². The van der Waals surface area contributed by atoms with E-state index in [1.54, 1.807) is 6.20 Å². The summed E-state index contributed by atoms with van der Waals surface area (Å²) in [6.45, 7) is 1.84. The predicted molar refractivity (Wildman–Crippen MR) is 125 cm³/mol. The molecule has 8 nitrogen and oxygen atoms in total. The molecule has 0 amide bonds. The molecular formula is C24H28F2N8. The van der Waals surface area contributed by atoms with Crippen LogP contribution in [0.4, 0.5) is 8.78 Å². The average molecular weight is 467 g/mol. The fourth-order valence-electron chi connectivity index (χ4n) is 5.53. The Bertz CT molecular complexity index is 1370. The van der Waals surface area contributed by atoms with Crippen molar-refractivity contribution >= 4 is 16.7 Å². The SMILES string of the molecule is CNC1CCC(N)(c2ncc3c(-c4cnc5nc(C)n(C6CC(F)(F)C6)c5c4)ccn3n2)CC1.